The quantitative estimate of drug-likeness (QED) is 0.750. The van der Waals surface area contributed by atoms with Gasteiger partial charge >= 0.3 is 0 Å². The highest BCUT2D eigenvalue weighted by Crippen LogP contribution is 2.28. The Morgan fingerprint density at radius 1 is 1.54 bits per heavy atom. The molecule has 0 aliphatic carbocycles. The first-order valence-corrected chi connectivity index (χ1v) is 3.80. The molecule has 0 spiro atoms. The molecule has 1 atom stereocenters. The van der Waals surface area contributed by atoms with Gasteiger partial charge in [-0.15, -0.1) is 0 Å². The van der Waals surface area contributed by atoms with Gasteiger partial charge < -0.3 is 14.9 Å². The summed E-state index contributed by atoms with van der Waals surface area (Å²) in [6, 6.07) is 4.20. The maximum absolute atomic E-state index is 12.1. The third-order valence-corrected chi connectivity index (χ3v) is 1.73. The third-order valence-electron chi connectivity index (χ3n) is 1.73. The monoisotopic (exact) mass is 186 g/mol. The fourth-order valence-electron chi connectivity index (χ4n) is 0.991. The number of aliphatic hydroxyl groups is 1. The van der Waals surface area contributed by atoms with E-state index in [1.165, 1.54) is 25.3 Å². The molecule has 0 heterocycles. The summed E-state index contributed by atoms with van der Waals surface area (Å²) in [5, 5.41) is 18.3. The Bertz CT molecular complexity index is 288. The lowest BCUT2D eigenvalue weighted by molar-refractivity contribution is 0.141. The van der Waals surface area contributed by atoms with Gasteiger partial charge in [0.1, 0.15) is 12.8 Å². The fraction of sp³-hybridized carbons (Fsp3) is 0.333. The molecule has 1 rings (SSSR count). The van der Waals surface area contributed by atoms with Crippen molar-refractivity contribution in [3.8, 4) is 11.5 Å². The van der Waals surface area contributed by atoms with E-state index >= 15 is 0 Å². The molecule has 0 amide bonds. The highest BCUT2D eigenvalue weighted by molar-refractivity contribution is 5.42. The number of methoxy groups -OCH3 is 1. The van der Waals surface area contributed by atoms with Crippen LogP contribution in [0.3, 0.4) is 0 Å². The summed E-state index contributed by atoms with van der Waals surface area (Å²) in [5.41, 5.74) is 0.386. The van der Waals surface area contributed by atoms with Gasteiger partial charge in [0, 0.05) is 0 Å². The van der Waals surface area contributed by atoms with Gasteiger partial charge in [0.2, 0.25) is 0 Å². The summed E-state index contributed by atoms with van der Waals surface area (Å²) in [7, 11) is 1.39. The van der Waals surface area contributed by atoms with Crippen LogP contribution < -0.4 is 4.74 Å². The zero-order valence-corrected chi connectivity index (χ0v) is 7.20. The van der Waals surface area contributed by atoms with Gasteiger partial charge in [-0.2, -0.15) is 0 Å². The van der Waals surface area contributed by atoms with E-state index in [4.69, 9.17) is 9.84 Å². The normalized spacial score (nSPS) is 12.5. The fourth-order valence-corrected chi connectivity index (χ4v) is 0.991. The predicted octanol–water partition coefficient (Wildman–Crippen LogP) is 1.40. The summed E-state index contributed by atoms with van der Waals surface area (Å²) in [4.78, 5) is 0. The molecule has 0 radical (unpaired) electrons. The maximum atomic E-state index is 12.1. The van der Waals surface area contributed by atoms with Crippen molar-refractivity contribution in [3.05, 3.63) is 23.8 Å². The number of ether oxygens (including phenoxy) is 1. The molecular formula is C9H11FO3. The van der Waals surface area contributed by atoms with E-state index < -0.39 is 12.8 Å². The second kappa shape index (κ2) is 4.09. The van der Waals surface area contributed by atoms with Crippen molar-refractivity contribution < 1.29 is 19.3 Å². The number of halogens is 1. The van der Waals surface area contributed by atoms with E-state index in [9.17, 15) is 9.50 Å². The van der Waals surface area contributed by atoms with Crippen LogP contribution in [0, 0.1) is 0 Å². The van der Waals surface area contributed by atoms with Gasteiger partial charge in [-0.1, -0.05) is 6.07 Å². The largest absolute Gasteiger partial charge is 0.504 e. The standard InChI is InChI=1S/C9H11FO3/c1-13-9-4-6(8(12)5-10)2-3-7(9)11/h2-4,8,11-12H,5H2,1H3. The van der Waals surface area contributed by atoms with Crippen LogP contribution in [-0.2, 0) is 0 Å². The molecule has 0 saturated carbocycles. The van der Waals surface area contributed by atoms with Crippen molar-refractivity contribution in [2.75, 3.05) is 13.8 Å². The van der Waals surface area contributed by atoms with E-state index in [0.717, 1.165) is 0 Å². The molecule has 0 aliphatic heterocycles. The molecule has 4 heteroatoms. The van der Waals surface area contributed by atoms with Gasteiger partial charge in [0.15, 0.2) is 11.5 Å². The lowest BCUT2D eigenvalue weighted by Crippen LogP contribution is -1.99. The number of aliphatic hydroxyl groups excluding tert-OH is 1. The zero-order valence-electron chi connectivity index (χ0n) is 7.20. The molecule has 1 unspecified atom stereocenters. The highest BCUT2D eigenvalue weighted by atomic mass is 19.1. The van der Waals surface area contributed by atoms with Crippen LogP contribution in [0.4, 0.5) is 4.39 Å². The van der Waals surface area contributed by atoms with Crippen LogP contribution in [0.1, 0.15) is 11.7 Å². The van der Waals surface area contributed by atoms with Gasteiger partial charge in [-0.25, -0.2) is 4.39 Å². The lowest BCUT2D eigenvalue weighted by Gasteiger charge is -2.09. The minimum Gasteiger partial charge on any atom is -0.504 e. The number of aromatic hydroxyl groups is 1. The molecule has 1 aromatic rings. The molecule has 0 saturated heterocycles. The van der Waals surface area contributed by atoms with Crippen LogP contribution in [0.2, 0.25) is 0 Å². The van der Waals surface area contributed by atoms with Crippen LogP contribution in [0.25, 0.3) is 0 Å². The molecule has 13 heavy (non-hydrogen) atoms. The average molecular weight is 186 g/mol. The number of rotatable bonds is 3. The molecule has 2 N–H and O–H groups in total. The average Bonchev–Trinajstić information content (AvgIpc) is 2.17. The second-order valence-electron chi connectivity index (χ2n) is 2.60. The van der Waals surface area contributed by atoms with Crippen molar-refractivity contribution in [1.82, 2.24) is 0 Å². The molecular weight excluding hydrogens is 175 g/mol. The van der Waals surface area contributed by atoms with Crippen molar-refractivity contribution in [1.29, 1.82) is 0 Å². The van der Waals surface area contributed by atoms with E-state index in [2.05, 4.69) is 0 Å². The highest BCUT2D eigenvalue weighted by Gasteiger charge is 2.09. The lowest BCUT2D eigenvalue weighted by atomic mass is 10.1. The van der Waals surface area contributed by atoms with E-state index in [1.807, 2.05) is 0 Å². The van der Waals surface area contributed by atoms with Crippen LogP contribution in [-0.4, -0.2) is 24.0 Å². The van der Waals surface area contributed by atoms with Crippen molar-refractivity contribution in [2.24, 2.45) is 0 Å². The Hall–Kier alpha value is -1.29. The number of hydrogen-bond donors (Lipinski definition) is 2. The van der Waals surface area contributed by atoms with Crippen LogP contribution >= 0.6 is 0 Å². The van der Waals surface area contributed by atoms with E-state index in [0.29, 0.717) is 5.56 Å². The molecule has 0 aromatic heterocycles. The van der Waals surface area contributed by atoms with Gasteiger partial charge in [-0.05, 0) is 17.7 Å². The summed E-state index contributed by atoms with van der Waals surface area (Å²) in [6.45, 7) is -0.853. The minimum absolute atomic E-state index is 0.0303. The number of phenolic OH excluding ortho intramolecular Hbond substituents is 1. The van der Waals surface area contributed by atoms with Crippen LogP contribution in [0.15, 0.2) is 18.2 Å². The summed E-state index contributed by atoms with van der Waals surface area (Å²) in [6.07, 6.45) is -1.16. The minimum atomic E-state index is -1.16. The number of hydrogen-bond acceptors (Lipinski definition) is 3. The second-order valence-corrected chi connectivity index (χ2v) is 2.60. The van der Waals surface area contributed by atoms with Crippen molar-refractivity contribution >= 4 is 0 Å². The topological polar surface area (TPSA) is 49.7 Å². The molecule has 0 bridgehead atoms. The van der Waals surface area contributed by atoms with E-state index in [-0.39, 0.29) is 11.5 Å². The Kier molecular flexibility index (Phi) is 3.08. The van der Waals surface area contributed by atoms with Crippen LogP contribution in [0.5, 0.6) is 11.5 Å². The Balaban J connectivity index is 2.99. The Morgan fingerprint density at radius 2 is 2.23 bits per heavy atom. The molecule has 3 nitrogen and oxygen atoms in total. The first-order valence-electron chi connectivity index (χ1n) is 3.80. The maximum Gasteiger partial charge on any atom is 0.160 e. The van der Waals surface area contributed by atoms with Gasteiger partial charge in [0.25, 0.3) is 0 Å². The summed E-state index contributed by atoms with van der Waals surface area (Å²) >= 11 is 0. The van der Waals surface area contributed by atoms with Crippen molar-refractivity contribution in [3.63, 3.8) is 0 Å². The molecule has 0 aliphatic rings. The van der Waals surface area contributed by atoms with E-state index in [1.54, 1.807) is 0 Å². The first-order chi connectivity index (χ1) is 6.19. The summed E-state index contributed by atoms with van der Waals surface area (Å²) < 4.78 is 16.9. The zero-order chi connectivity index (χ0) is 9.84. The first kappa shape index (κ1) is 9.80. The molecule has 72 valence electrons. The Morgan fingerprint density at radius 3 is 2.77 bits per heavy atom. The number of alkyl halides is 1. The predicted molar refractivity (Wildman–Crippen MR) is 45.6 cm³/mol. The third kappa shape index (κ3) is 2.09. The van der Waals surface area contributed by atoms with Gasteiger partial charge in [-0.3, -0.25) is 0 Å². The smallest absolute Gasteiger partial charge is 0.160 e. The van der Waals surface area contributed by atoms with Gasteiger partial charge in [0.05, 0.1) is 7.11 Å². The molecule has 1 aromatic carbocycles. The SMILES string of the molecule is COc1cc(C(O)CF)ccc1O. The summed E-state index contributed by atoms with van der Waals surface area (Å²) in [5.74, 6) is 0.197. The molecule has 0 fully saturated rings. The number of phenols is 1. The van der Waals surface area contributed by atoms with Crippen molar-refractivity contribution in [2.45, 2.75) is 6.10 Å². The Labute approximate surface area is 75.4 Å². The number of benzene rings is 1.